The molecule has 0 radical (unpaired) electrons. The topological polar surface area (TPSA) is 87.0 Å². The summed E-state index contributed by atoms with van der Waals surface area (Å²) in [6, 6.07) is 0. The van der Waals surface area contributed by atoms with Crippen LogP contribution in [0.15, 0.2) is 5.16 Å². The van der Waals surface area contributed by atoms with E-state index in [1.54, 1.807) is 0 Å². The van der Waals surface area contributed by atoms with Gasteiger partial charge in [0.15, 0.2) is 5.78 Å². The third-order valence-corrected chi connectivity index (χ3v) is 1.06. The predicted molar refractivity (Wildman–Crippen MR) is 36.7 cm³/mol. The van der Waals surface area contributed by atoms with E-state index in [4.69, 9.17) is 10.3 Å². The van der Waals surface area contributed by atoms with Gasteiger partial charge in [0.1, 0.15) is 0 Å². The zero-order valence-electron chi connectivity index (χ0n) is 6.24. The first-order valence-corrected chi connectivity index (χ1v) is 3.00. The monoisotopic (exact) mass is 159 g/mol. The fraction of sp³-hybridized carbons (Fsp3) is 0.500. The summed E-state index contributed by atoms with van der Waals surface area (Å²) in [4.78, 5) is 21.0. The Kier molecular flexibility index (Phi) is 3.23. The van der Waals surface area contributed by atoms with E-state index >= 15 is 0 Å². The van der Waals surface area contributed by atoms with Crippen molar-refractivity contribution >= 4 is 17.5 Å². The van der Waals surface area contributed by atoms with Crippen LogP contribution in [-0.2, 0) is 9.59 Å². The van der Waals surface area contributed by atoms with E-state index in [0.717, 1.165) is 0 Å². The van der Waals surface area contributed by atoms with E-state index < -0.39 is 23.4 Å². The number of nitrogens with zero attached hydrogens (tertiary/aromatic N) is 1. The van der Waals surface area contributed by atoms with Gasteiger partial charge in [-0.05, 0) is 0 Å². The van der Waals surface area contributed by atoms with Gasteiger partial charge in [-0.2, -0.15) is 0 Å². The lowest BCUT2D eigenvalue weighted by Crippen LogP contribution is -2.27. The molecule has 5 heteroatoms. The standard InChI is InChI=1S/C6H9NO4/c1-3(2)5(8)4(7-11)6(9)10/h3,11H,1-2H3,(H,9,10)/b7-4-. The van der Waals surface area contributed by atoms with E-state index in [9.17, 15) is 9.59 Å². The number of carbonyl (C=O) groups excluding carboxylic acids is 1. The van der Waals surface area contributed by atoms with Gasteiger partial charge in [0.2, 0.25) is 5.71 Å². The Morgan fingerprint density at radius 2 is 1.82 bits per heavy atom. The molecule has 5 nitrogen and oxygen atoms in total. The van der Waals surface area contributed by atoms with Crippen molar-refractivity contribution in [1.29, 1.82) is 0 Å². The fourth-order valence-electron chi connectivity index (χ4n) is 0.471. The molecule has 0 fully saturated rings. The molecule has 0 aliphatic rings. The Labute approximate surface area is 63.3 Å². The van der Waals surface area contributed by atoms with Crippen molar-refractivity contribution in [3.63, 3.8) is 0 Å². The van der Waals surface area contributed by atoms with Gasteiger partial charge in [-0.1, -0.05) is 19.0 Å². The second-order valence-corrected chi connectivity index (χ2v) is 2.27. The normalized spacial score (nSPS) is 11.7. The summed E-state index contributed by atoms with van der Waals surface area (Å²) in [7, 11) is 0. The summed E-state index contributed by atoms with van der Waals surface area (Å²) >= 11 is 0. The zero-order valence-corrected chi connectivity index (χ0v) is 6.24. The van der Waals surface area contributed by atoms with Crippen LogP contribution >= 0.6 is 0 Å². The van der Waals surface area contributed by atoms with Crippen molar-refractivity contribution in [3.05, 3.63) is 0 Å². The molecule has 2 N–H and O–H groups in total. The molecular weight excluding hydrogens is 150 g/mol. The third-order valence-electron chi connectivity index (χ3n) is 1.06. The van der Waals surface area contributed by atoms with Crippen molar-refractivity contribution in [1.82, 2.24) is 0 Å². The average Bonchev–Trinajstić information content (AvgIpc) is 1.88. The average molecular weight is 159 g/mol. The molecule has 0 unspecified atom stereocenters. The molecule has 0 heterocycles. The molecule has 0 atom stereocenters. The lowest BCUT2D eigenvalue weighted by atomic mass is 10.1. The molecule has 0 saturated heterocycles. The lowest BCUT2D eigenvalue weighted by Gasteiger charge is -2.00. The van der Waals surface area contributed by atoms with Gasteiger partial charge in [-0.15, -0.1) is 0 Å². The Balaban J connectivity index is 4.55. The van der Waals surface area contributed by atoms with E-state index in [0.29, 0.717) is 0 Å². The molecule has 11 heavy (non-hydrogen) atoms. The van der Waals surface area contributed by atoms with E-state index in [-0.39, 0.29) is 0 Å². The van der Waals surface area contributed by atoms with Gasteiger partial charge in [0.25, 0.3) is 0 Å². The minimum atomic E-state index is -1.51. The van der Waals surface area contributed by atoms with E-state index in [1.807, 2.05) is 0 Å². The van der Waals surface area contributed by atoms with Crippen LogP contribution in [0, 0.1) is 5.92 Å². The maximum Gasteiger partial charge on any atom is 0.361 e. The second kappa shape index (κ2) is 3.70. The van der Waals surface area contributed by atoms with Crippen LogP contribution in [0.5, 0.6) is 0 Å². The quantitative estimate of drug-likeness (QED) is 0.265. The number of carboxylic acid groups (broad SMARTS) is 1. The summed E-state index contributed by atoms with van der Waals surface area (Å²) in [5.41, 5.74) is -0.819. The minimum absolute atomic E-state index is 0.475. The molecule has 0 spiro atoms. The highest BCUT2D eigenvalue weighted by Crippen LogP contribution is 1.96. The highest BCUT2D eigenvalue weighted by Gasteiger charge is 2.22. The molecule has 0 aliphatic heterocycles. The van der Waals surface area contributed by atoms with Gasteiger partial charge in [-0.3, -0.25) is 4.79 Å². The van der Waals surface area contributed by atoms with Crippen LogP contribution in [0.1, 0.15) is 13.8 Å². The Bertz CT molecular complexity index is 207. The van der Waals surface area contributed by atoms with Gasteiger partial charge in [0, 0.05) is 5.92 Å². The van der Waals surface area contributed by atoms with Crippen molar-refractivity contribution in [2.75, 3.05) is 0 Å². The summed E-state index contributed by atoms with van der Waals surface area (Å²) in [6.45, 7) is 3.05. The number of hydrogen-bond donors (Lipinski definition) is 2. The second-order valence-electron chi connectivity index (χ2n) is 2.27. The van der Waals surface area contributed by atoms with E-state index in [2.05, 4.69) is 5.16 Å². The maximum atomic E-state index is 10.8. The predicted octanol–water partition coefficient (Wildman–Crippen LogP) is 0.126. The van der Waals surface area contributed by atoms with Crippen LogP contribution in [0.2, 0.25) is 0 Å². The third kappa shape index (κ3) is 2.37. The van der Waals surface area contributed by atoms with Crippen molar-refractivity contribution in [2.24, 2.45) is 11.1 Å². The minimum Gasteiger partial charge on any atom is -0.476 e. The lowest BCUT2D eigenvalue weighted by molar-refractivity contribution is -0.130. The van der Waals surface area contributed by atoms with Crippen LogP contribution in [0.3, 0.4) is 0 Å². The maximum absolute atomic E-state index is 10.8. The number of carbonyl (C=O) groups is 2. The fourth-order valence-corrected chi connectivity index (χ4v) is 0.471. The van der Waals surface area contributed by atoms with Gasteiger partial charge in [0.05, 0.1) is 0 Å². The summed E-state index contributed by atoms with van der Waals surface area (Å²) in [5, 5.41) is 18.8. The molecule has 0 aliphatic carbocycles. The number of aliphatic carboxylic acids is 1. The van der Waals surface area contributed by atoms with Crippen molar-refractivity contribution in [2.45, 2.75) is 13.8 Å². The van der Waals surface area contributed by atoms with Gasteiger partial charge >= 0.3 is 5.97 Å². The zero-order chi connectivity index (χ0) is 9.02. The highest BCUT2D eigenvalue weighted by atomic mass is 16.4. The number of ketones is 1. The number of Topliss-reactive ketones (excluding diaryl/α,β-unsaturated/α-hetero) is 1. The number of rotatable bonds is 3. The van der Waals surface area contributed by atoms with Crippen LogP contribution in [0.4, 0.5) is 0 Å². The smallest absolute Gasteiger partial charge is 0.361 e. The Morgan fingerprint density at radius 3 is 1.91 bits per heavy atom. The van der Waals surface area contributed by atoms with Gasteiger partial charge in [-0.25, -0.2) is 4.79 Å². The van der Waals surface area contributed by atoms with Gasteiger partial charge < -0.3 is 10.3 Å². The Morgan fingerprint density at radius 1 is 1.36 bits per heavy atom. The van der Waals surface area contributed by atoms with Crippen LogP contribution < -0.4 is 0 Å². The molecule has 0 aromatic carbocycles. The number of hydrogen-bond acceptors (Lipinski definition) is 4. The Hall–Kier alpha value is -1.39. The molecule has 0 aromatic heterocycles. The molecular formula is C6H9NO4. The summed E-state index contributed by atoms with van der Waals surface area (Å²) in [5.74, 6) is -2.66. The molecule has 0 amide bonds. The number of carboxylic acids is 1. The largest absolute Gasteiger partial charge is 0.476 e. The van der Waals surface area contributed by atoms with Crippen molar-refractivity contribution < 1.29 is 19.9 Å². The van der Waals surface area contributed by atoms with E-state index in [1.165, 1.54) is 13.8 Å². The first-order chi connectivity index (χ1) is 5.00. The molecule has 0 aromatic rings. The summed E-state index contributed by atoms with van der Waals surface area (Å²) in [6.07, 6.45) is 0. The summed E-state index contributed by atoms with van der Waals surface area (Å²) < 4.78 is 0. The molecule has 0 saturated carbocycles. The molecule has 62 valence electrons. The first-order valence-electron chi connectivity index (χ1n) is 3.00. The first kappa shape index (κ1) is 9.61. The van der Waals surface area contributed by atoms with Crippen molar-refractivity contribution in [3.8, 4) is 0 Å². The number of oxime groups is 1. The highest BCUT2D eigenvalue weighted by molar-refractivity contribution is 6.64. The SMILES string of the molecule is CC(C)C(=O)/C(=N/O)C(=O)O. The van der Waals surface area contributed by atoms with Crippen LogP contribution in [-0.4, -0.2) is 27.8 Å². The molecule has 0 bridgehead atoms. The molecule has 0 rings (SSSR count). The van der Waals surface area contributed by atoms with Crippen LogP contribution in [0.25, 0.3) is 0 Å².